The van der Waals surface area contributed by atoms with Crippen molar-refractivity contribution >= 4 is 5.91 Å². The summed E-state index contributed by atoms with van der Waals surface area (Å²) < 4.78 is 0. The Morgan fingerprint density at radius 2 is 1.42 bits per heavy atom. The Morgan fingerprint density at radius 3 is 2.00 bits per heavy atom. The van der Waals surface area contributed by atoms with Crippen LogP contribution in [-0.2, 0) is 15.9 Å². The van der Waals surface area contributed by atoms with Gasteiger partial charge in [0.25, 0.3) is 5.91 Å². The van der Waals surface area contributed by atoms with E-state index in [4.69, 9.17) is 0 Å². The Bertz CT molecular complexity index is 1110. The lowest BCUT2D eigenvalue weighted by Crippen LogP contribution is -2.58. The first-order valence-electron chi connectivity index (χ1n) is 11.5. The maximum absolute atomic E-state index is 14.1. The zero-order valence-electron chi connectivity index (χ0n) is 18.9. The van der Waals surface area contributed by atoms with Gasteiger partial charge in [-0.05, 0) is 30.9 Å². The number of allylic oxidation sites excluding steroid dienone is 2. The lowest BCUT2D eigenvalue weighted by atomic mass is 9.74. The highest BCUT2D eigenvalue weighted by Crippen LogP contribution is 2.40. The third-order valence-corrected chi connectivity index (χ3v) is 6.84. The molecular formula is C27H29N5O. The smallest absolute Gasteiger partial charge is 0.250 e. The molecule has 1 amide bonds. The first kappa shape index (κ1) is 22.4. The third kappa shape index (κ3) is 4.43. The summed E-state index contributed by atoms with van der Waals surface area (Å²) in [5.74, 6) is -0.170. The van der Waals surface area contributed by atoms with Crippen molar-refractivity contribution in [2.45, 2.75) is 62.6 Å². The van der Waals surface area contributed by atoms with Gasteiger partial charge in [-0.15, -0.1) is 0 Å². The molecule has 1 heterocycles. The summed E-state index contributed by atoms with van der Waals surface area (Å²) >= 11 is 0. The summed E-state index contributed by atoms with van der Waals surface area (Å²) in [7, 11) is 0. The summed E-state index contributed by atoms with van der Waals surface area (Å²) in [4.78, 5) is 14.1. The van der Waals surface area contributed by atoms with Gasteiger partial charge in [-0.2, -0.15) is 10.5 Å². The minimum absolute atomic E-state index is 0.0693. The van der Waals surface area contributed by atoms with Gasteiger partial charge in [-0.1, -0.05) is 79.9 Å². The third-order valence-electron chi connectivity index (χ3n) is 6.84. The van der Waals surface area contributed by atoms with Gasteiger partial charge in [0.1, 0.15) is 29.1 Å². The molecule has 0 spiro atoms. The van der Waals surface area contributed by atoms with Gasteiger partial charge in [-0.3, -0.25) is 4.79 Å². The van der Waals surface area contributed by atoms with Crippen molar-refractivity contribution < 1.29 is 4.79 Å². The Hall–Kier alpha value is -3.77. The largest absolute Gasteiger partial charge is 0.365 e. The fraction of sp³-hybridized carbons (Fsp3) is 0.370. The molecule has 2 aliphatic rings. The molecule has 2 aromatic carbocycles. The second kappa shape index (κ2) is 9.38. The molecule has 1 saturated carbocycles. The highest BCUT2D eigenvalue weighted by atomic mass is 16.2. The number of rotatable bonds is 4. The van der Waals surface area contributed by atoms with Crippen LogP contribution in [0.4, 0.5) is 0 Å². The lowest BCUT2D eigenvalue weighted by Gasteiger charge is -2.41. The van der Waals surface area contributed by atoms with Gasteiger partial charge < -0.3 is 16.0 Å². The van der Waals surface area contributed by atoms with Crippen LogP contribution in [0, 0.1) is 22.7 Å². The summed E-state index contributed by atoms with van der Waals surface area (Å²) in [6.45, 7) is 1.98. The molecule has 6 nitrogen and oxygen atoms in total. The van der Waals surface area contributed by atoms with E-state index in [1.54, 1.807) is 0 Å². The van der Waals surface area contributed by atoms with Crippen molar-refractivity contribution in [3.8, 4) is 12.1 Å². The van der Waals surface area contributed by atoms with Crippen molar-refractivity contribution in [2.75, 3.05) is 0 Å². The molecular weight excluding hydrogens is 410 g/mol. The topological polar surface area (TPSA) is 101 Å². The number of hydrogen-bond donors (Lipinski definition) is 3. The lowest BCUT2D eigenvalue weighted by molar-refractivity contribution is -0.129. The molecule has 0 bridgehead atoms. The summed E-state index contributed by atoms with van der Waals surface area (Å²) in [6.07, 6.45) is 5.61. The molecule has 168 valence electrons. The van der Waals surface area contributed by atoms with Crippen molar-refractivity contribution in [1.29, 1.82) is 10.5 Å². The average molecular weight is 440 g/mol. The molecule has 1 fully saturated rings. The minimum Gasteiger partial charge on any atom is -0.365 e. The van der Waals surface area contributed by atoms with E-state index in [0.717, 1.165) is 36.8 Å². The molecule has 6 heteroatoms. The second-order valence-electron chi connectivity index (χ2n) is 9.18. The quantitative estimate of drug-likeness (QED) is 0.666. The molecule has 1 aliphatic carbocycles. The van der Waals surface area contributed by atoms with E-state index in [9.17, 15) is 15.3 Å². The molecule has 3 N–H and O–H groups in total. The van der Waals surface area contributed by atoms with Gasteiger partial charge in [0.15, 0.2) is 0 Å². The number of carbonyl (C=O) groups excluding carboxylic acids is 1. The average Bonchev–Trinajstić information content (AvgIpc) is 3.01. The van der Waals surface area contributed by atoms with Crippen LogP contribution in [0.2, 0.25) is 0 Å². The minimum atomic E-state index is -1.24. The summed E-state index contributed by atoms with van der Waals surface area (Å²) in [5.41, 5.74) is -0.122. The van der Waals surface area contributed by atoms with Crippen LogP contribution >= 0.6 is 0 Å². The van der Waals surface area contributed by atoms with Crippen molar-refractivity contribution in [1.82, 2.24) is 16.0 Å². The van der Waals surface area contributed by atoms with Gasteiger partial charge in [0, 0.05) is 12.5 Å². The van der Waals surface area contributed by atoms with Crippen LogP contribution in [-0.4, -0.2) is 11.9 Å². The summed E-state index contributed by atoms with van der Waals surface area (Å²) in [6, 6.07) is 23.6. The molecule has 0 saturated heterocycles. The molecule has 2 atom stereocenters. The highest BCUT2D eigenvalue weighted by Gasteiger charge is 2.50. The summed E-state index contributed by atoms with van der Waals surface area (Å²) in [5, 5.41) is 29.6. The van der Waals surface area contributed by atoms with Crippen LogP contribution in [0.1, 0.15) is 56.6 Å². The van der Waals surface area contributed by atoms with Crippen LogP contribution in [0.3, 0.4) is 0 Å². The number of hydrogen-bond acceptors (Lipinski definition) is 5. The Kier molecular flexibility index (Phi) is 6.38. The highest BCUT2D eigenvalue weighted by molar-refractivity contribution is 5.89. The first-order chi connectivity index (χ1) is 16.0. The van der Waals surface area contributed by atoms with Gasteiger partial charge in [0.2, 0.25) is 0 Å². The molecule has 0 radical (unpaired) electrons. The van der Waals surface area contributed by atoms with Crippen LogP contribution in [0.25, 0.3) is 0 Å². The number of benzene rings is 2. The predicted molar refractivity (Wildman–Crippen MR) is 126 cm³/mol. The Balaban J connectivity index is 1.88. The van der Waals surface area contributed by atoms with E-state index in [1.807, 2.05) is 67.6 Å². The molecule has 4 rings (SSSR count). The molecule has 2 unspecified atom stereocenters. The van der Waals surface area contributed by atoms with Crippen molar-refractivity contribution in [3.05, 3.63) is 83.2 Å². The fourth-order valence-corrected chi connectivity index (χ4v) is 5.10. The van der Waals surface area contributed by atoms with Gasteiger partial charge in [0.05, 0.1) is 5.54 Å². The van der Waals surface area contributed by atoms with Crippen molar-refractivity contribution in [3.63, 3.8) is 0 Å². The van der Waals surface area contributed by atoms with Crippen LogP contribution in [0.5, 0.6) is 0 Å². The fourth-order valence-electron chi connectivity index (χ4n) is 5.10. The number of amides is 1. The predicted octanol–water partition coefficient (Wildman–Crippen LogP) is 4.09. The number of nitriles is 2. The normalized spacial score (nSPS) is 25.5. The van der Waals surface area contributed by atoms with Gasteiger partial charge in [-0.25, -0.2) is 0 Å². The Morgan fingerprint density at radius 1 is 0.879 bits per heavy atom. The number of nitrogens with zero attached hydrogens (tertiary/aromatic N) is 2. The Labute approximate surface area is 195 Å². The molecule has 1 aliphatic heterocycles. The molecule has 0 aromatic heterocycles. The van der Waals surface area contributed by atoms with E-state index in [0.29, 0.717) is 6.42 Å². The standard InChI is InChI=1S/C27H29N5O/c1-26(20-11-5-2-6-12-20)19-27(21-13-7-3-8-14-21,32-24(18-29)23(17-28)31-26)25(33)30-22-15-9-4-10-16-22/h2-3,5-8,11-14,22,31-32H,4,9-10,15-16,19H2,1H3,(H,30,33). The van der Waals surface area contributed by atoms with E-state index < -0.39 is 11.1 Å². The number of nitrogens with one attached hydrogen (secondary N) is 3. The van der Waals surface area contributed by atoms with Crippen LogP contribution in [0.15, 0.2) is 72.1 Å². The monoisotopic (exact) mass is 439 g/mol. The van der Waals surface area contributed by atoms with E-state index in [2.05, 4.69) is 28.1 Å². The van der Waals surface area contributed by atoms with E-state index >= 15 is 0 Å². The van der Waals surface area contributed by atoms with Crippen LogP contribution < -0.4 is 16.0 Å². The zero-order valence-corrected chi connectivity index (χ0v) is 18.9. The SMILES string of the molecule is CC1(c2ccccc2)CC(C(=O)NC2CCCCC2)(c2ccccc2)NC(C#N)=C(C#N)N1. The molecule has 33 heavy (non-hydrogen) atoms. The number of carbonyl (C=O) groups is 1. The maximum Gasteiger partial charge on any atom is 0.250 e. The van der Waals surface area contributed by atoms with E-state index in [1.165, 1.54) is 6.42 Å². The molecule has 2 aromatic rings. The van der Waals surface area contributed by atoms with Crippen molar-refractivity contribution in [2.24, 2.45) is 0 Å². The zero-order chi connectivity index (χ0) is 23.3. The second-order valence-corrected chi connectivity index (χ2v) is 9.18. The van der Waals surface area contributed by atoms with E-state index in [-0.39, 0.29) is 23.3 Å². The van der Waals surface area contributed by atoms with Gasteiger partial charge >= 0.3 is 0 Å². The maximum atomic E-state index is 14.1. The first-order valence-corrected chi connectivity index (χ1v) is 11.5.